The molecule has 1 aromatic rings. The molecule has 19 heavy (non-hydrogen) atoms. The van der Waals surface area contributed by atoms with Crippen LogP contribution < -0.4 is 5.32 Å². The van der Waals surface area contributed by atoms with Crippen LogP contribution in [0, 0.1) is 11.7 Å². The molecule has 1 unspecified atom stereocenters. The Kier molecular flexibility index (Phi) is 5.47. The molecule has 1 atom stereocenters. The molecule has 0 spiro atoms. The maximum Gasteiger partial charge on any atom is 0.326 e. The molecule has 4 nitrogen and oxygen atoms in total. The molecule has 0 fully saturated rings. The second kappa shape index (κ2) is 6.65. The normalized spacial score (nSPS) is 12.3. The molecule has 0 aliphatic carbocycles. The van der Waals surface area contributed by atoms with Crippen molar-refractivity contribution in [1.29, 1.82) is 0 Å². The van der Waals surface area contributed by atoms with Gasteiger partial charge in [-0.25, -0.2) is 9.18 Å². The molecule has 0 saturated carbocycles. The first-order chi connectivity index (χ1) is 8.81. The zero-order chi connectivity index (χ0) is 14.6. The van der Waals surface area contributed by atoms with Crippen LogP contribution in [0.2, 0.25) is 0 Å². The van der Waals surface area contributed by atoms with Gasteiger partial charge in [0.2, 0.25) is 0 Å². The summed E-state index contributed by atoms with van der Waals surface area (Å²) in [5, 5.41) is 11.5. The van der Waals surface area contributed by atoms with Crippen molar-refractivity contribution in [2.24, 2.45) is 5.92 Å². The van der Waals surface area contributed by atoms with Crippen LogP contribution in [0.4, 0.5) is 4.39 Å². The number of carboxylic acids is 1. The van der Waals surface area contributed by atoms with Crippen LogP contribution in [-0.2, 0) is 4.79 Å². The van der Waals surface area contributed by atoms with Crippen LogP contribution in [0.3, 0.4) is 0 Å². The molecular formula is C13H15BrFNO3. The number of halogens is 2. The van der Waals surface area contributed by atoms with E-state index in [1.54, 1.807) is 0 Å². The fourth-order valence-electron chi connectivity index (χ4n) is 1.60. The largest absolute Gasteiger partial charge is 0.480 e. The maximum atomic E-state index is 12.9. The van der Waals surface area contributed by atoms with Gasteiger partial charge in [-0.2, -0.15) is 0 Å². The number of nitrogens with one attached hydrogen (secondary N) is 1. The lowest BCUT2D eigenvalue weighted by Crippen LogP contribution is -2.41. The zero-order valence-corrected chi connectivity index (χ0v) is 12.2. The summed E-state index contributed by atoms with van der Waals surface area (Å²) >= 11 is 3.08. The SMILES string of the molecule is CC(C)CC(NC(=O)c1ccc(F)cc1Br)C(=O)O. The van der Waals surface area contributed by atoms with Crippen molar-refractivity contribution in [3.63, 3.8) is 0 Å². The molecule has 0 aliphatic heterocycles. The summed E-state index contributed by atoms with van der Waals surface area (Å²) in [5.74, 6) is -1.96. The highest BCUT2D eigenvalue weighted by Gasteiger charge is 2.22. The number of carbonyl (C=O) groups excluding carboxylic acids is 1. The van der Waals surface area contributed by atoms with Gasteiger partial charge < -0.3 is 10.4 Å². The van der Waals surface area contributed by atoms with Crippen LogP contribution in [0.1, 0.15) is 30.6 Å². The van der Waals surface area contributed by atoms with Crippen LogP contribution >= 0.6 is 15.9 Å². The minimum Gasteiger partial charge on any atom is -0.480 e. The van der Waals surface area contributed by atoms with Gasteiger partial charge in [0, 0.05) is 4.47 Å². The number of carboxylic acid groups (broad SMARTS) is 1. The lowest BCUT2D eigenvalue weighted by Gasteiger charge is -2.16. The summed E-state index contributed by atoms with van der Waals surface area (Å²) in [5.41, 5.74) is 0.205. The quantitative estimate of drug-likeness (QED) is 0.871. The van der Waals surface area contributed by atoms with Gasteiger partial charge in [0.15, 0.2) is 0 Å². The zero-order valence-electron chi connectivity index (χ0n) is 10.6. The van der Waals surface area contributed by atoms with Crippen molar-refractivity contribution in [2.45, 2.75) is 26.3 Å². The van der Waals surface area contributed by atoms with Gasteiger partial charge in [-0.1, -0.05) is 13.8 Å². The first-order valence-electron chi connectivity index (χ1n) is 5.80. The summed E-state index contributed by atoms with van der Waals surface area (Å²) < 4.78 is 13.2. The molecule has 0 heterocycles. The maximum absolute atomic E-state index is 12.9. The Balaban J connectivity index is 2.84. The number of hydrogen-bond donors (Lipinski definition) is 2. The Hall–Kier alpha value is -1.43. The van der Waals surface area contributed by atoms with Crippen LogP contribution in [0.25, 0.3) is 0 Å². The third-order valence-electron chi connectivity index (χ3n) is 2.49. The highest BCUT2D eigenvalue weighted by atomic mass is 79.9. The van der Waals surface area contributed by atoms with E-state index in [0.717, 1.165) is 12.1 Å². The molecule has 6 heteroatoms. The highest BCUT2D eigenvalue weighted by Crippen LogP contribution is 2.18. The monoisotopic (exact) mass is 331 g/mol. The van der Waals surface area contributed by atoms with Crippen molar-refractivity contribution in [3.8, 4) is 0 Å². The predicted octanol–water partition coefficient (Wildman–Crippen LogP) is 2.82. The van der Waals surface area contributed by atoms with E-state index in [2.05, 4.69) is 21.2 Å². The van der Waals surface area contributed by atoms with Crippen molar-refractivity contribution < 1.29 is 19.1 Å². The van der Waals surface area contributed by atoms with Crippen molar-refractivity contribution in [1.82, 2.24) is 5.32 Å². The van der Waals surface area contributed by atoms with E-state index in [4.69, 9.17) is 5.11 Å². The van der Waals surface area contributed by atoms with Crippen LogP contribution in [-0.4, -0.2) is 23.0 Å². The minimum absolute atomic E-state index is 0.137. The molecule has 2 N–H and O–H groups in total. The topological polar surface area (TPSA) is 66.4 Å². The summed E-state index contributed by atoms with van der Waals surface area (Å²) in [4.78, 5) is 23.0. The Morgan fingerprint density at radius 1 is 1.42 bits per heavy atom. The lowest BCUT2D eigenvalue weighted by atomic mass is 10.0. The van der Waals surface area contributed by atoms with E-state index >= 15 is 0 Å². The first kappa shape index (κ1) is 15.6. The van der Waals surface area contributed by atoms with Gasteiger partial charge in [-0.3, -0.25) is 4.79 Å². The van der Waals surface area contributed by atoms with Crippen LogP contribution in [0.15, 0.2) is 22.7 Å². The molecule has 0 aromatic heterocycles. The van der Waals surface area contributed by atoms with Gasteiger partial charge in [0.1, 0.15) is 11.9 Å². The van der Waals surface area contributed by atoms with E-state index in [1.165, 1.54) is 6.07 Å². The van der Waals surface area contributed by atoms with E-state index in [0.29, 0.717) is 10.9 Å². The standard InChI is InChI=1S/C13H15BrFNO3/c1-7(2)5-11(13(18)19)16-12(17)9-4-3-8(15)6-10(9)14/h3-4,6-7,11H,5H2,1-2H3,(H,16,17)(H,18,19). The lowest BCUT2D eigenvalue weighted by molar-refractivity contribution is -0.139. The van der Waals surface area contributed by atoms with Crippen LogP contribution in [0.5, 0.6) is 0 Å². The third kappa shape index (κ3) is 4.63. The van der Waals surface area contributed by atoms with Gasteiger partial charge >= 0.3 is 5.97 Å². The highest BCUT2D eigenvalue weighted by molar-refractivity contribution is 9.10. The predicted molar refractivity (Wildman–Crippen MR) is 72.4 cm³/mol. The smallest absolute Gasteiger partial charge is 0.326 e. The third-order valence-corrected chi connectivity index (χ3v) is 3.14. The Bertz CT molecular complexity index is 491. The number of rotatable bonds is 5. The number of hydrogen-bond acceptors (Lipinski definition) is 2. The fourth-order valence-corrected chi connectivity index (χ4v) is 2.13. The second-order valence-corrected chi connectivity index (χ2v) is 5.47. The van der Waals surface area contributed by atoms with E-state index in [9.17, 15) is 14.0 Å². The van der Waals surface area contributed by atoms with Gasteiger partial charge in [-0.05, 0) is 46.5 Å². The van der Waals surface area contributed by atoms with E-state index < -0.39 is 23.7 Å². The Labute approximate surface area is 119 Å². The van der Waals surface area contributed by atoms with Gasteiger partial charge in [-0.15, -0.1) is 0 Å². The molecule has 1 rings (SSSR count). The average molecular weight is 332 g/mol. The van der Waals surface area contributed by atoms with E-state index in [-0.39, 0.29) is 11.5 Å². The second-order valence-electron chi connectivity index (χ2n) is 4.62. The molecule has 0 saturated heterocycles. The number of carbonyl (C=O) groups is 2. The summed E-state index contributed by atoms with van der Waals surface area (Å²) in [6, 6.07) is 2.66. The first-order valence-corrected chi connectivity index (χ1v) is 6.59. The Morgan fingerprint density at radius 3 is 2.53 bits per heavy atom. The molecule has 104 valence electrons. The summed E-state index contributed by atoms with van der Waals surface area (Å²) in [6.45, 7) is 3.74. The number of amides is 1. The molecule has 0 bridgehead atoms. The van der Waals surface area contributed by atoms with Crippen molar-refractivity contribution in [2.75, 3.05) is 0 Å². The summed E-state index contributed by atoms with van der Waals surface area (Å²) in [7, 11) is 0. The molecule has 1 amide bonds. The number of benzene rings is 1. The van der Waals surface area contributed by atoms with E-state index in [1.807, 2.05) is 13.8 Å². The van der Waals surface area contributed by atoms with Crippen molar-refractivity contribution >= 4 is 27.8 Å². The van der Waals surface area contributed by atoms with Crippen molar-refractivity contribution in [3.05, 3.63) is 34.1 Å². The molecular weight excluding hydrogens is 317 g/mol. The molecule has 1 aromatic carbocycles. The fraction of sp³-hybridized carbons (Fsp3) is 0.385. The minimum atomic E-state index is -1.08. The average Bonchev–Trinajstić information content (AvgIpc) is 2.26. The molecule has 0 aliphatic rings. The molecule has 0 radical (unpaired) electrons. The number of aliphatic carboxylic acids is 1. The Morgan fingerprint density at radius 2 is 2.05 bits per heavy atom. The van der Waals surface area contributed by atoms with Gasteiger partial charge in [0.05, 0.1) is 5.56 Å². The summed E-state index contributed by atoms with van der Waals surface area (Å²) in [6.07, 6.45) is 0.333. The van der Waals surface area contributed by atoms with Gasteiger partial charge in [0.25, 0.3) is 5.91 Å².